The first kappa shape index (κ1) is 50.6. The maximum Gasteiger partial charge on any atom is 0.246 e. The van der Waals surface area contributed by atoms with E-state index in [4.69, 9.17) is 16.6 Å². The summed E-state index contributed by atoms with van der Waals surface area (Å²) in [5, 5.41) is 27.1. The summed E-state index contributed by atoms with van der Waals surface area (Å²) in [6.07, 6.45) is 0.554. The number of aliphatic imine (C=N–C) groups is 1. The third-order valence-electron chi connectivity index (χ3n) is 13.6. The standard InChI is InChI=1S/C51H61ClN10O6S2/c1-28(2)45(50(68)61-26-38(63)24-40(61)49(67)54-30(4)34-12-14-36(15-13-34)47-31(5)53-27-69-47)56-41(64)10-8-9-11-42(65)59-20-22-60(23-21-59)43(66)25-39-48-58-57-33(7)62(48)51-44(29(3)32(6)70-51)46(55-39)35-16-18-37(52)19-17-35/h12-19,27-28,30,38-40,45,63H,8-11,20-26H2,1-7H3,(H,54,67)(H,56,64)/t30-,38+,39-,40-,45?/m0/s1. The number of unbranched alkanes of at least 4 members (excludes halogenated alkanes) is 1. The molecule has 0 aliphatic carbocycles. The van der Waals surface area contributed by atoms with Gasteiger partial charge in [0.15, 0.2) is 5.82 Å². The number of nitrogens with zero attached hydrogens (tertiary/aromatic N) is 8. The number of nitrogens with one attached hydrogen (secondary N) is 2. The maximum absolute atomic E-state index is 14.0. The number of likely N-dealkylation sites (tertiary alicyclic amines) is 1. The highest BCUT2D eigenvalue weighted by atomic mass is 35.5. The summed E-state index contributed by atoms with van der Waals surface area (Å²) in [6.45, 7) is 15.1. The topological polar surface area (TPSA) is 195 Å². The lowest BCUT2D eigenvalue weighted by atomic mass is 9.99. The molecule has 5 atom stereocenters. The Labute approximate surface area is 421 Å². The number of aliphatic hydroxyl groups is 1. The number of thiazole rings is 1. The number of carbonyl (C=O) groups excluding carboxylic acids is 5. The Morgan fingerprint density at radius 2 is 1.50 bits per heavy atom. The van der Waals surface area contributed by atoms with Crippen molar-refractivity contribution in [2.45, 2.75) is 117 Å². The number of hydrogen-bond acceptors (Lipinski definition) is 12. The van der Waals surface area contributed by atoms with Crippen molar-refractivity contribution in [1.82, 2.24) is 45.1 Å². The molecule has 5 aromatic rings. The van der Waals surface area contributed by atoms with Crippen LogP contribution in [0.5, 0.6) is 0 Å². The molecule has 0 bridgehead atoms. The van der Waals surface area contributed by atoms with E-state index in [-0.39, 0.29) is 67.8 Å². The van der Waals surface area contributed by atoms with Gasteiger partial charge in [-0.15, -0.1) is 32.9 Å². The first-order valence-corrected chi connectivity index (χ1v) is 26.1. The Bertz CT molecular complexity index is 2780. The van der Waals surface area contributed by atoms with Crippen LogP contribution in [0.3, 0.4) is 0 Å². The van der Waals surface area contributed by atoms with Crippen molar-refractivity contribution < 1.29 is 29.1 Å². The number of aryl methyl sites for hydroxylation is 3. The van der Waals surface area contributed by atoms with Crippen molar-refractivity contribution >= 4 is 69.5 Å². The minimum Gasteiger partial charge on any atom is -0.391 e. The average molecular weight is 1010 g/mol. The molecular weight excluding hydrogens is 948 g/mol. The van der Waals surface area contributed by atoms with Gasteiger partial charge in [0.05, 0.1) is 40.4 Å². The van der Waals surface area contributed by atoms with Crippen LogP contribution in [-0.4, -0.2) is 126 Å². The molecule has 1 unspecified atom stereocenters. The number of hydrogen-bond donors (Lipinski definition) is 3. The van der Waals surface area contributed by atoms with Gasteiger partial charge in [-0.05, 0) is 82.2 Å². The highest BCUT2D eigenvalue weighted by molar-refractivity contribution is 7.15. The van der Waals surface area contributed by atoms with Crippen molar-refractivity contribution in [3.05, 3.63) is 104 Å². The van der Waals surface area contributed by atoms with Gasteiger partial charge in [-0.3, -0.25) is 33.5 Å². The third kappa shape index (κ3) is 10.9. The first-order chi connectivity index (χ1) is 33.5. The van der Waals surface area contributed by atoms with Gasteiger partial charge >= 0.3 is 0 Å². The number of aliphatic hydroxyl groups excluding tert-OH is 1. The number of fused-ring (bicyclic) bond motifs is 3. The van der Waals surface area contributed by atoms with Crippen molar-refractivity contribution in [1.29, 1.82) is 0 Å². The van der Waals surface area contributed by atoms with Gasteiger partial charge in [-0.25, -0.2) is 4.98 Å². The fraction of sp³-hybridized carbons (Fsp3) is 0.471. The van der Waals surface area contributed by atoms with E-state index in [1.54, 1.807) is 32.5 Å². The Morgan fingerprint density at radius 1 is 0.843 bits per heavy atom. The van der Waals surface area contributed by atoms with Crippen LogP contribution in [0.1, 0.15) is 116 Å². The highest BCUT2D eigenvalue weighted by Crippen LogP contribution is 2.40. The second-order valence-corrected chi connectivity index (χ2v) is 21.4. The molecule has 370 valence electrons. The van der Waals surface area contributed by atoms with Crippen LogP contribution in [0.25, 0.3) is 15.4 Å². The van der Waals surface area contributed by atoms with Crippen LogP contribution in [0, 0.1) is 33.6 Å². The molecule has 70 heavy (non-hydrogen) atoms. The molecule has 16 nitrogen and oxygen atoms in total. The maximum atomic E-state index is 14.0. The molecule has 19 heteroatoms. The number of thiophene rings is 1. The van der Waals surface area contributed by atoms with Gasteiger partial charge in [0, 0.05) is 73.0 Å². The summed E-state index contributed by atoms with van der Waals surface area (Å²) in [4.78, 5) is 85.0. The number of halogens is 1. The molecule has 3 aliphatic rings. The van der Waals surface area contributed by atoms with Crippen LogP contribution in [0.4, 0.5) is 0 Å². The summed E-state index contributed by atoms with van der Waals surface area (Å²) < 4.78 is 2.03. The van der Waals surface area contributed by atoms with Crippen LogP contribution in [-0.2, 0) is 24.0 Å². The lowest BCUT2D eigenvalue weighted by Gasteiger charge is -2.35. The van der Waals surface area contributed by atoms with Crippen LogP contribution >= 0.6 is 34.3 Å². The number of β-amino-alcohol motifs (C(OH)–C–C–N with tert-alkyl or cyclic N) is 1. The second-order valence-electron chi connectivity index (χ2n) is 18.9. The zero-order chi connectivity index (χ0) is 50.0. The average Bonchev–Trinajstić information content (AvgIpc) is 4.11. The quantitative estimate of drug-likeness (QED) is 0.0943. The van der Waals surface area contributed by atoms with E-state index in [0.29, 0.717) is 55.7 Å². The van der Waals surface area contributed by atoms with Crippen molar-refractivity contribution in [2.75, 3.05) is 32.7 Å². The van der Waals surface area contributed by atoms with Gasteiger partial charge in [-0.1, -0.05) is 61.8 Å². The summed E-state index contributed by atoms with van der Waals surface area (Å²) in [6, 6.07) is 12.7. The zero-order valence-corrected chi connectivity index (χ0v) is 43.1. The number of rotatable bonds is 15. The van der Waals surface area contributed by atoms with E-state index in [1.807, 2.05) is 93.2 Å². The van der Waals surface area contributed by atoms with Crippen LogP contribution in [0.15, 0.2) is 59.0 Å². The molecule has 3 aromatic heterocycles. The molecule has 2 aromatic carbocycles. The number of benzene rings is 2. The van der Waals surface area contributed by atoms with E-state index >= 15 is 0 Å². The van der Waals surface area contributed by atoms with Gasteiger partial charge in [0.2, 0.25) is 29.5 Å². The molecule has 6 heterocycles. The summed E-state index contributed by atoms with van der Waals surface area (Å²) in [7, 11) is 0. The number of aromatic nitrogens is 4. The van der Waals surface area contributed by atoms with Gasteiger partial charge in [-0.2, -0.15) is 0 Å². The number of carbonyl (C=O) groups is 5. The van der Waals surface area contributed by atoms with E-state index in [0.717, 1.165) is 54.0 Å². The smallest absolute Gasteiger partial charge is 0.246 e. The molecule has 8 rings (SSSR count). The molecule has 2 fully saturated rings. The normalized spacial score (nSPS) is 18.7. The molecule has 3 N–H and O–H groups in total. The Hall–Kier alpha value is -5.82. The van der Waals surface area contributed by atoms with E-state index in [2.05, 4.69) is 39.7 Å². The largest absolute Gasteiger partial charge is 0.391 e. The Morgan fingerprint density at radius 3 is 2.16 bits per heavy atom. The first-order valence-electron chi connectivity index (χ1n) is 24.0. The molecule has 5 amide bonds. The zero-order valence-electron chi connectivity index (χ0n) is 40.7. The van der Waals surface area contributed by atoms with Gasteiger partial charge < -0.3 is 30.4 Å². The number of amides is 5. The second kappa shape index (κ2) is 21.7. The van der Waals surface area contributed by atoms with Crippen LogP contribution < -0.4 is 10.6 Å². The minimum atomic E-state index is -0.904. The SMILES string of the molecule is Cc1ncsc1-c1ccc([C@H](C)NC(=O)[C@@H]2C[C@@H](O)CN2C(=O)C(NC(=O)CCCCC(=O)N2CCN(C(=O)C[C@@H]3N=C(c4ccc(Cl)cc4)c4c(sc(C)c4C)-n4c(C)nnc43)CC2)C(C)C)cc1. The highest BCUT2D eigenvalue weighted by Gasteiger charge is 2.43. The molecule has 0 spiro atoms. The van der Waals surface area contributed by atoms with E-state index in [9.17, 15) is 29.1 Å². The predicted molar refractivity (Wildman–Crippen MR) is 271 cm³/mol. The molecule has 0 radical (unpaired) electrons. The predicted octanol–water partition coefficient (Wildman–Crippen LogP) is 6.83. The van der Waals surface area contributed by atoms with Crippen LogP contribution in [0.2, 0.25) is 5.02 Å². The lowest BCUT2D eigenvalue weighted by molar-refractivity contribution is -0.142. The summed E-state index contributed by atoms with van der Waals surface area (Å²) >= 11 is 9.50. The van der Waals surface area contributed by atoms with Gasteiger partial charge in [0.25, 0.3) is 0 Å². The lowest BCUT2D eigenvalue weighted by Crippen LogP contribution is -2.55. The fourth-order valence-electron chi connectivity index (χ4n) is 9.49. The molecular formula is C51H61ClN10O6S2. The molecule has 3 aliphatic heterocycles. The van der Waals surface area contributed by atoms with Crippen molar-refractivity contribution in [3.8, 4) is 15.4 Å². The summed E-state index contributed by atoms with van der Waals surface area (Å²) in [5.41, 5.74) is 8.49. The monoisotopic (exact) mass is 1010 g/mol. The fourth-order valence-corrected chi connectivity index (χ4v) is 11.6. The molecule has 0 saturated carbocycles. The summed E-state index contributed by atoms with van der Waals surface area (Å²) in [5.74, 6) is -0.211. The molecule has 2 saturated heterocycles. The van der Waals surface area contributed by atoms with E-state index < -0.39 is 30.1 Å². The van der Waals surface area contributed by atoms with Crippen molar-refractivity contribution in [3.63, 3.8) is 0 Å². The van der Waals surface area contributed by atoms with E-state index in [1.165, 1.54) is 4.90 Å². The minimum absolute atomic E-state index is 0.0153. The Balaban J connectivity index is 0.801. The van der Waals surface area contributed by atoms with Crippen molar-refractivity contribution in [2.24, 2.45) is 10.9 Å². The van der Waals surface area contributed by atoms with Gasteiger partial charge in [0.1, 0.15) is 29.0 Å². The Kier molecular flexibility index (Phi) is 15.7. The number of piperazine rings is 1. The third-order valence-corrected chi connectivity index (χ3v) is 16.1.